The molecule has 0 spiro atoms. The van der Waals surface area contributed by atoms with Gasteiger partial charge in [0.05, 0.1) is 11.9 Å². The van der Waals surface area contributed by atoms with E-state index in [1.165, 1.54) is 13.8 Å². The molecule has 0 saturated carbocycles. The second-order valence-electron chi connectivity index (χ2n) is 6.17. The van der Waals surface area contributed by atoms with Crippen LogP contribution in [-0.4, -0.2) is 21.5 Å². The van der Waals surface area contributed by atoms with E-state index in [-0.39, 0.29) is 11.8 Å². The third-order valence-electron chi connectivity index (χ3n) is 4.42. The fourth-order valence-electron chi connectivity index (χ4n) is 3.32. The first-order chi connectivity index (χ1) is 12.6. The van der Waals surface area contributed by atoms with Gasteiger partial charge >= 0.3 is 0 Å². The van der Waals surface area contributed by atoms with Gasteiger partial charge in [-0.1, -0.05) is 60.7 Å². The molecule has 1 aliphatic heterocycles. The molecule has 0 saturated heterocycles. The summed E-state index contributed by atoms with van der Waals surface area (Å²) in [6.45, 7) is 2.98. The van der Waals surface area contributed by atoms with Crippen molar-refractivity contribution in [2.75, 3.05) is 9.91 Å². The molecular formula is C20H18N4O2. The maximum absolute atomic E-state index is 12.4. The van der Waals surface area contributed by atoms with Crippen molar-refractivity contribution < 1.29 is 9.59 Å². The molecule has 4 rings (SSSR count). The zero-order valence-corrected chi connectivity index (χ0v) is 14.5. The number of amides is 2. The van der Waals surface area contributed by atoms with Crippen LogP contribution in [0.4, 0.5) is 5.95 Å². The number of anilines is 1. The lowest BCUT2D eigenvalue weighted by Crippen LogP contribution is -2.43. The maximum Gasteiger partial charge on any atom is 0.240 e. The SMILES string of the molecule is CC(=O)N1c2nc(-c3ccccc3)cn2N(C(C)=O)[C@H]1c1ccccc1. The van der Waals surface area contributed by atoms with E-state index < -0.39 is 6.17 Å². The van der Waals surface area contributed by atoms with E-state index in [1.54, 1.807) is 20.8 Å². The molecule has 6 nitrogen and oxygen atoms in total. The van der Waals surface area contributed by atoms with E-state index in [0.717, 1.165) is 11.1 Å². The molecule has 0 N–H and O–H groups in total. The number of carbonyl (C=O) groups excluding carboxylic acids is 2. The monoisotopic (exact) mass is 346 g/mol. The van der Waals surface area contributed by atoms with Crippen LogP contribution in [0, 0.1) is 0 Å². The van der Waals surface area contributed by atoms with Gasteiger partial charge in [-0.2, -0.15) is 0 Å². The Kier molecular flexibility index (Phi) is 3.80. The van der Waals surface area contributed by atoms with Crippen LogP contribution in [0.1, 0.15) is 25.6 Å². The molecule has 0 aliphatic carbocycles. The summed E-state index contributed by atoms with van der Waals surface area (Å²) in [5.74, 6) is 0.107. The second kappa shape index (κ2) is 6.15. The van der Waals surface area contributed by atoms with Crippen molar-refractivity contribution in [2.45, 2.75) is 20.0 Å². The van der Waals surface area contributed by atoms with Crippen LogP contribution in [0.25, 0.3) is 11.3 Å². The number of carbonyl (C=O) groups is 2. The molecule has 130 valence electrons. The summed E-state index contributed by atoms with van der Waals surface area (Å²) in [6.07, 6.45) is 1.25. The molecule has 2 amide bonds. The van der Waals surface area contributed by atoms with E-state index in [9.17, 15) is 9.59 Å². The first-order valence-corrected chi connectivity index (χ1v) is 8.37. The molecule has 0 bridgehead atoms. The fourth-order valence-corrected chi connectivity index (χ4v) is 3.32. The Hall–Kier alpha value is -3.41. The quantitative estimate of drug-likeness (QED) is 0.716. The Morgan fingerprint density at radius 1 is 0.885 bits per heavy atom. The topological polar surface area (TPSA) is 58.4 Å². The highest BCUT2D eigenvalue weighted by Crippen LogP contribution is 2.38. The van der Waals surface area contributed by atoms with Crippen molar-refractivity contribution in [3.8, 4) is 11.3 Å². The lowest BCUT2D eigenvalue weighted by atomic mass is 10.1. The normalized spacial score (nSPS) is 15.8. The van der Waals surface area contributed by atoms with Gasteiger partial charge in [0.2, 0.25) is 17.8 Å². The van der Waals surface area contributed by atoms with E-state index >= 15 is 0 Å². The first-order valence-electron chi connectivity index (χ1n) is 8.37. The summed E-state index contributed by atoms with van der Waals surface area (Å²) >= 11 is 0. The zero-order chi connectivity index (χ0) is 18.3. The van der Waals surface area contributed by atoms with Crippen LogP contribution < -0.4 is 9.91 Å². The fraction of sp³-hybridized carbons (Fsp3) is 0.150. The van der Waals surface area contributed by atoms with Crippen LogP contribution in [0.5, 0.6) is 0 Å². The highest BCUT2D eigenvalue weighted by Gasteiger charge is 2.43. The number of nitrogens with zero attached hydrogens (tertiary/aromatic N) is 4. The van der Waals surface area contributed by atoms with Gasteiger partial charge in [0.1, 0.15) is 0 Å². The summed E-state index contributed by atoms with van der Waals surface area (Å²) in [4.78, 5) is 31.1. The largest absolute Gasteiger partial charge is 0.275 e. The van der Waals surface area contributed by atoms with Crippen LogP contribution in [0.3, 0.4) is 0 Å². The molecule has 2 aromatic carbocycles. The highest BCUT2D eigenvalue weighted by atomic mass is 16.2. The number of imidazole rings is 1. The number of aromatic nitrogens is 2. The number of fused-ring (bicyclic) bond motifs is 1. The minimum absolute atomic E-state index is 0.166. The average molecular weight is 346 g/mol. The standard InChI is InChI=1S/C20H18N4O2/c1-14(25)23-19(17-11-7-4-8-12-17)24(15(2)26)22-13-18(21-20(22)23)16-9-5-3-6-10-16/h3-13,19H,1-2H3/t19-/m0/s1. The van der Waals surface area contributed by atoms with E-state index in [1.807, 2.05) is 60.7 Å². The molecule has 0 radical (unpaired) electrons. The Bertz CT molecular complexity index is 926. The Morgan fingerprint density at radius 2 is 1.50 bits per heavy atom. The van der Waals surface area contributed by atoms with Crippen molar-refractivity contribution in [3.05, 3.63) is 72.4 Å². The van der Waals surface area contributed by atoms with Crippen molar-refractivity contribution in [1.29, 1.82) is 0 Å². The summed E-state index contributed by atoms with van der Waals surface area (Å²) in [5.41, 5.74) is 2.49. The van der Waals surface area contributed by atoms with Gasteiger partial charge in [-0.3, -0.25) is 14.5 Å². The van der Waals surface area contributed by atoms with Gasteiger partial charge in [0.25, 0.3) is 0 Å². The van der Waals surface area contributed by atoms with Gasteiger partial charge < -0.3 is 0 Å². The summed E-state index contributed by atoms with van der Waals surface area (Å²) in [5, 5.41) is 1.56. The minimum atomic E-state index is -0.543. The Morgan fingerprint density at radius 3 is 2.08 bits per heavy atom. The number of hydrogen-bond acceptors (Lipinski definition) is 3. The molecule has 3 aromatic rings. The summed E-state index contributed by atoms with van der Waals surface area (Å²) in [7, 11) is 0. The minimum Gasteiger partial charge on any atom is -0.275 e. The van der Waals surface area contributed by atoms with Crippen LogP contribution in [0.15, 0.2) is 66.9 Å². The third kappa shape index (κ3) is 2.47. The molecule has 6 heteroatoms. The van der Waals surface area contributed by atoms with E-state index in [4.69, 9.17) is 0 Å². The van der Waals surface area contributed by atoms with Gasteiger partial charge in [0.15, 0.2) is 6.17 Å². The van der Waals surface area contributed by atoms with Crippen molar-refractivity contribution in [2.24, 2.45) is 0 Å². The highest BCUT2D eigenvalue weighted by molar-refractivity contribution is 5.97. The van der Waals surface area contributed by atoms with E-state index in [0.29, 0.717) is 11.6 Å². The van der Waals surface area contributed by atoms with Gasteiger partial charge in [-0.25, -0.2) is 14.7 Å². The van der Waals surface area contributed by atoms with Gasteiger partial charge in [0, 0.05) is 19.4 Å². The smallest absolute Gasteiger partial charge is 0.240 e. The number of benzene rings is 2. The number of hydrogen-bond donors (Lipinski definition) is 0. The Labute approximate surface area is 151 Å². The van der Waals surface area contributed by atoms with Crippen LogP contribution in [0.2, 0.25) is 0 Å². The van der Waals surface area contributed by atoms with Crippen molar-refractivity contribution in [3.63, 3.8) is 0 Å². The van der Waals surface area contributed by atoms with Crippen LogP contribution in [-0.2, 0) is 9.59 Å². The molecule has 26 heavy (non-hydrogen) atoms. The van der Waals surface area contributed by atoms with Gasteiger partial charge in [-0.15, -0.1) is 0 Å². The zero-order valence-electron chi connectivity index (χ0n) is 14.5. The third-order valence-corrected chi connectivity index (χ3v) is 4.42. The van der Waals surface area contributed by atoms with Crippen molar-refractivity contribution in [1.82, 2.24) is 9.66 Å². The molecule has 0 unspecified atom stereocenters. The Balaban J connectivity index is 1.87. The summed E-state index contributed by atoms with van der Waals surface area (Å²) < 4.78 is 1.67. The predicted molar refractivity (Wildman–Crippen MR) is 98.9 cm³/mol. The molecule has 2 heterocycles. The lowest BCUT2D eigenvalue weighted by Gasteiger charge is -2.28. The number of rotatable bonds is 2. The molecule has 1 aromatic heterocycles. The van der Waals surface area contributed by atoms with Gasteiger partial charge in [-0.05, 0) is 5.56 Å². The summed E-state index contributed by atoms with van der Waals surface area (Å²) in [6, 6.07) is 19.2. The van der Waals surface area contributed by atoms with Crippen molar-refractivity contribution >= 4 is 17.8 Å². The second-order valence-corrected chi connectivity index (χ2v) is 6.17. The first kappa shape index (κ1) is 16.1. The predicted octanol–water partition coefficient (Wildman–Crippen LogP) is 3.10. The molecule has 1 aliphatic rings. The van der Waals surface area contributed by atoms with Crippen LogP contribution >= 0.6 is 0 Å². The van der Waals surface area contributed by atoms with E-state index in [2.05, 4.69) is 4.98 Å². The molecule has 1 atom stereocenters. The molecule has 0 fully saturated rings. The molecular weight excluding hydrogens is 328 g/mol. The maximum atomic E-state index is 12.4. The lowest BCUT2D eigenvalue weighted by molar-refractivity contribution is -0.118. The average Bonchev–Trinajstić information content (AvgIpc) is 3.19.